The Balaban J connectivity index is 1.05. The van der Waals surface area contributed by atoms with Crippen LogP contribution in [0.2, 0.25) is 0 Å². The highest BCUT2D eigenvalue weighted by Crippen LogP contribution is 2.55. The van der Waals surface area contributed by atoms with E-state index in [2.05, 4.69) is 177 Å². The summed E-state index contributed by atoms with van der Waals surface area (Å²) >= 11 is 1.39. The highest BCUT2D eigenvalue weighted by Gasteiger charge is 2.43. The first-order valence-corrected chi connectivity index (χ1v) is 18.7. The van der Waals surface area contributed by atoms with Crippen molar-refractivity contribution in [2.45, 2.75) is 44.9 Å². The lowest BCUT2D eigenvalue weighted by Gasteiger charge is -2.31. The van der Waals surface area contributed by atoms with E-state index in [0.29, 0.717) is 5.92 Å². The lowest BCUT2D eigenvalue weighted by atomic mass is 9.72. The summed E-state index contributed by atoms with van der Waals surface area (Å²) in [6.07, 6.45) is 5.76. The van der Waals surface area contributed by atoms with Crippen molar-refractivity contribution < 1.29 is 3.85 Å². The topological polar surface area (TPSA) is 18.1 Å². The van der Waals surface area contributed by atoms with Crippen molar-refractivity contribution in [2.75, 3.05) is 0 Å². The van der Waals surface area contributed by atoms with Crippen molar-refractivity contribution in [2.24, 2.45) is 5.92 Å². The summed E-state index contributed by atoms with van der Waals surface area (Å²) in [6, 6.07) is 49.1. The van der Waals surface area contributed by atoms with Crippen molar-refractivity contribution in [3.05, 3.63) is 173 Å². The van der Waals surface area contributed by atoms with Gasteiger partial charge in [-0.15, -0.1) is 0 Å². The average molecular weight is 678 g/mol. The maximum atomic E-state index is 6.44. The molecular formula is C48H39NOS. The molecule has 3 aliphatic rings. The van der Waals surface area contributed by atoms with E-state index in [4.69, 9.17) is 3.85 Å². The number of nitrogens with zero attached hydrogens (tertiary/aromatic N) is 1. The third-order valence-electron chi connectivity index (χ3n) is 12.1. The molecule has 0 saturated heterocycles. The molecule has 1 unspecified atom stereocenters. The molecule has 0 aliphatic heterocycles. The molecular weight excluding hydrogens is 639 g/mol. The van der Waals surface area contributed by atoms with Gasteiger partial charge in [0.1, 0.15) is 11.8 Å². The molecule has 0 bridgehead atoms. The summed E-state index contributed by atoms with van der Waals surface area (Å²) < 4.78 is 8.67. The highest BCUT2D eigenvalue weighted by atomic mass is 32.1. The van der Waals surface area contributed by atoms with Crippen LogP contribution in [0.3, 0.4) is 0 Å². The van der Waals surface area contributed by atoms with Gasteiger partial charge in [-0.2, -0.15) is 0 Å². The summed E-state index contributed by atoms with van der Waals surface area (Å²) in [5, 5.41) is 2.30. The van der Waals surface area contributed by atoms with Gasteiger partial charge in [0.05, 0.1) is 11.2 Å². The number of hydrogen-bond donors (Lipinski definition) is 0. The molecule has 0 N–H and O–H groups in total. The average Bonchev–Trinajstić information content (AvgIpc) is 3.45. The quantitative estimate of drug-likeness (QED) is 0.182. The zero-order valence-electron chi connectivity index (χ0n) is 29.4. The second-order valence-corrected chi connectivity index (χ2v) is 16.2. The van der Waals surface area contributed by atoms with Gasteiger partial charge >= 0.3 is 0 Å². The third kappa shape index (κ3) is 4.54. The lowest BCUT2D eigenvalue weighted by molar-refractivity contribution is 0.418. The summed E-state index contributed by atoms with van der Waals surface area (Å²) in [4.78, 5) is 0. The van der Waals surface area contributed by atoms with Crippen LogP contribution in [0.1, 0.15) is 61.9 Å². The predicted molar refractivity (Wildman–Crippen MR) is 215 cm³/mol. The molecule has 0 amide bonds. The number of aromatic nitrogens is 1. The third-order valence-corrected chi connectivity index (χ3v) is 12.9. The van der Waals surface area contributed by atoms with Gasteiger partial charge in [-0.1, -0.05) is 137 Å². The molecule has 51 heavy (non-hydrogen) atoms. The molecule has 1 atom stereocenters. The van der Waals surface area contributed by atoms with Crippen LogP contribution in [0, 0.1) is 5.92 Å². The molecule has 248 valence electrons. The minimum Gasteiger partial charge on any atom is -0.386 e. The molecule has 2 nitrogen and oxygen atoms in total. The first-order valence-electron chi connectivity index (χ1n) is 18.0. The van der Waals surface area contributed by atoms with Gasteiger partial charge < -0.3 is 3.85 Å². The fourth-order valence-corrected chi connectivity index (χ4v) is 9.95. The van der Waals surface area contributed by atoms with Gasteiger partial charge in [0.15, 0.2) is 5.58 Å². The molecule has 0 spiro atoms. The summed E-state index contributed by atoms with van der Waals surface area (Å²) in [6.45, 7) is 9.49. The molecule has 1 aromatic heterocycles. The summed E-state index contributed by atoms with van der Waals surface area (Å²) in [7, 11) is 0. The maximum absolute atomic E-state index is 6.44. The zero-order chi connectivity index (χ0) is 34.5. The van der Waals surface area contributed by atoms with E-state index in [-0.39, 0.29) is 10.8 Å². The van der Waals surface area contributed by atoms with Crippen LogP contribution in [0.5, 0.6) is 0 Å². The number of benzene rings is 6. The van der Waals surface area contributed by atoms with Crippen molar-refractivity contribution >= 4 is 44.8 Å². The molecule has 7 aromatic rings. The Morgan fingerprint density at radius 3 is 2.12 bits per heavy atom. The lowest BCUT2D eigenvalue weighted by Crippen LogP contribution is -2.24. The van der Waals surface area contributed by atoms with E-state index in [1.807, 2.05) is 0 Å². The first-order chi connectivity index (χ1) is 24.8. The standard InChI is InChI=1S/C48H39NOS/c1-47(2)42-15-9-6-12-36(42)39-27-31(20-25-43(39)47)30-17-22-34(23-18-30)49-45-26-21-32(28-40(45)38-13-7-10-16-46(38)50-51-49)33-19-24-37-35-11-5-8-14-41(35)48(3,4)44(37)29-33/h5-28,44H,29H2,1-4H3. The Hall–Kier alpha value is -5.38. The molecule has 0 saturated carbocycles. The van der Waals surface area contributed by atoms with E-state index in [9.17, 15) is 0 Å². The summed E-state index contributed by atoms with van der Waals surface area (Å²) in [5.41, 5.74) is 18.1. The number of rotatable bonds is 3. The maximum Gasteiger partial charge on any atom is 0.153 e. The Morgan fingerprint density at radius 2 is 1.27 bits per heavy atom. The van der Waals surface area contributed by atoms with Gasteiger partial charge in [-0.25, -0.2) is 3.96 Å². The second-order valence-electron chi connectivity index (χ2n) is 15.5. The Kier molecular flexibility index (Phi) is 6.60. The molecule has 10 rings (SSSR count). The number of fused-ring (bicyclic) bond motifs is 9. The van der Waals surface area contributed by atoms with Crippen LogP contribution >= 0.6 is 11.8 Å². The van der Waals surface area contributed by atoms with Gasteiger partial charge in [-0.05, 0) is 115 Å². The molecule has 6 aromatic carbocycles. The van der Waals surface area contributed by atoms with Crippen LogP contribution in [0.25, 0.3) is 61.0 Å². The van der Waals surface area contributed by atoms with Crippen LogP contribution in [-0.4, -0.2) is 3.96 Å². The SMILES string of the molecule is CC1(C)c2ccccc2-c2cc(-c3ccc(-n4soc5ccccc5c5cc(C6=CC=C7c8ccccc8C(C)(C)C7C6)ccc54)cc3)ccc21. The molecule has 3 aliphatic carbocycles. The summed E-state index contributed by atoms with van der Waals surface area (Å²) in [5.74, 6) is 0.460. The van der Waals surface area contributed by atoms with Crippen molar-refractivity contribution in [3.63, 3.8) is 0 Å². The largest absolute Gasteiger partial charge is 0.386 e. The fourth-order valence-electron chi connectivity index (χ4n) is 9.20. The van der Waals surface area contributed by atoms with E-state index in [1.165, 1.54) is 78.4 Å². The number of para-hydroxylation sites is 1. The van der Waals surface area contributed by atoms with Gasteiger partial charge in [0.25, 0.3) is 0 Å². The normalized spacial score (nSPS) is 17.7. The van der Waals surface area contributed by atoms with E-state index >= 15 is 0 Å². The number of hydrogen-bond acceptors (Lipinski definition) is 2. The second kappa shape index (κ2) is 11.1. The van der Waals surface area contributed by atoms with Gasteiger partial charge in [0.2, 0.25) is 0 Å². The minimum atomic E-state index is 0.00919. The van der Waals surface area contributed by atoms with Gasteiger partial charge in [0, 0.05) is 16.2 Å². The predicted octanol–water partition coefficient (Wildman–Crippen LogP) is 13.3. The molecule has 3 heteroatoms. The van der Waals surface area contributed by atoms with E-state index in [0.717, 1.165) is 28.6 Å². The van der Waals surface area contributed by atoms with Gasteiger partial charge in [-0.3, -0.25) is 0 Å². The molecule has 0 radical (unpaired) electrons. The number of allylic oxidation sites excluding steroid dienone is 4. The molecule has 0 fully saturated rings. The van der Waals surface area contributed by atoms with Crippen LogP contribution in [0.15, 0.2) is 149 Å². The minimum absolute atomic E-state index is 0.00919. The first kappa shape index (κ1) is 30.4. The van der Waals surface area contributed by atoms with Crippen molar-refractivity contribution in [1.82, 2.24) is 3.96 Å². The van der Waals surface area contributed by atoms with Crippen LogP contribution in [-0.2, 0) is 10.8 Å². The monoisotopic (exact) mass is 677 g/mol. The zero-order valence-corrected chi connectivity index (χ0v) is 30.2. The highest BCUT2D eigenvalue weighted by molar-refractivity contribution is 6.98. The van der Waals surface area contributed by atoms with E-state index in [1.54, 1.807) is 0 Å². The smallest absolute Gasteiger partial charge is 0.153 e. The Labute approximate surface area is 303 Å². The fraction of sp³-hybridized carbons (Fsp3) is 0.167. The van der Waals surface area contributed by atoms with Crippen LogP contribution in [0.4, 0.5) is 0 Å². The molecule has 1 heterocycles. The van der Waals surface area contributed by atoms with E-state index < -0.39 is 0 Å². The Morgan fingerprint density at radius 1 is 0.588 bits per heavy atom. The van der Waals surface area contributed by atoms with Crippen molar-refractivity contribution in [1.29, 1.82) is 0 Å². The Bertz CT molecular complexity index is 2670. The van der Waals surface area contributed by atoms with Crippen LogP contribution < -0.4 is 0 Å². The van der Waals surface area contributed by atoms with Crippen molar-refractivity contribution in [3.8, 4) is 27.9 Å².